The molecular weight excluding hydrogens is 208 g/mol. The Morgan fingerprint density at radius 3 is 2.60 bits per heavy atom. The van der Waals surface area contributed by atoms with E-state index in [1.54, 1.807) is 0 Å². The quantitative estimate of drug-likeness (QED) is 0.759. The fourth-order valence-corrected chi connectivity index (χ4v) is 2.59. The average Bonchev–Trinajstić information content (AvgIpc) is 2.74. The summed E-state index contributed by atoms with van der Waals surface area (Å²) in [5, 5.41) is 0.715. The summed E-state index contributed by atoms with van der Waals surface area (Å²) in [5.74, 6) is 0.575. The van der Waals surface area contributed by atoms with Crippen LogP contribution < -0.4 is 11.5 Å². The summed E-state index contributed by atoms with van der Waals surface area (Å²) in [4.78, 5) is 0. The molecule has 4 N–H and O–H groups in total. The molecule has 1 fully saturated rings. The van der Waals surface area contributed by atoms with Gasteiger partial charge in [0.05, 0.1) is 0 Å². The number of halogens is 1. The lowest BCUT2D eigenvalue weighted by Crippen LogP contribution is -2.20. The number of nitrogen functional groups attached to an aromatic ring is 1. The van der Waals surface area contributed by atoms with Gasteiger partial charge in [0.15, 0.2) is 0 Å². The summed E-state index contributed by atoms with van der Waals surface area (Å²) in [6.45, 7) is 0. The Bertz CT molecular complexity index is 345. The second-order valence-electron chi connectivity index (χ2n) is 4.34. The lowest BCUT2D eigenvalue weighted by molar-refractivity contribution is 0.446. The van der Waals surface area contributed by atoms with E-state index in [1.807, 2.05) is 18.2 Å². The van der Waals surface area contributed by atoms with Crippen LogP contribution in [0.3, 0.4) is 0 Å². The summed E-state index contributed by atoms with van der Waals surface area (Å²) < 4.78 is 0. The first-order valence-corrected chi connectivity index (χ1v) is 5.87. The van der Waals surface area contributed by atoms with E-state index in [9.17, 15) is 0 Å². The van der Waals surface area contributed by atoms with E-state index in [4.69, 9.17) is 23.1 Å². The first-order valence-electron chi connectivity index (χ1n) is 5.49. The second kappa shape index (κ2) is 4.42. The lowest BCUT2D eigenvalue weighted by atomic mass is 9.91. The van der Waals surface area contributed by atoms with Crippen LogP contribution in [0.5, 0.6) is 0 Å². The lowest BCUT2D eigenvalue weighted by Gasteiger charge is -2.20. The van der Waals surface area contributed by atoms with Crippen LogP contribution in [0.15, 0.2) is 18.2 Å². The largest absolute Gasteiger partial charge is 0.398 e. The summed E-state index contributed by atoms with van der Waals surface area (Å²) in [7, 11) is 0. The number of nitrogens with two attached hydrogens (primary N) is 2. The Morgan fingerprint density at radius 2 is 1.93 bits per heavy atom. The van der Waals surface area contributed by atoms with Crippen LogP contribution in [0.25, 0.3) is 0 Å². The fraction of sp³-hybridized carbons (Fsp3) is 0.500. The van der Waals surface area contributed by atoms with Crippen molar-refractivity contribution in [2.75, 3.05) is 5.73 Å². The van der Waals surface area contributed by atoms with Gasteiger partial charge in [-0.1, -0.05) is 24.4 Å². The van der Waals surface area contributed by atoms with E-state index < -0.39 is 0 Å². The molecule has 1 aromatic carbocycles. The Morgan fingerprint density at radius 1 is 1.27 bits per heavy atom. The molecule has 0 radical (unpaired) electrons. The molecule has 1 aromatic rings. The highest BCUT2D eigenvalue weighted by molar-refractivity contribution is 6.30. The Hall–Kier alpha value is -0.730. The van der Waals surface area contributed by atoms with Crippen LogP contribution in [0.4, 0.5) is 5.69 Å². The van der Waals surface area contributed by atoms with Crippen molar-refractivity contribution in [3.05, 3.63) is 28.8 Å². The van der Waals surface area contributed by atoms with Crippen LogP contribution >= 0.6 is 11.6 Å². The maximum absolute atomic E-state index is 6.23. The van der Waals surface area contributed by atoms with Gasteiger partial charge in [-0.25, -0.2) is 0 Å². The second-order valence-corrected chi connectivity index (χ2v) is 4.78. The third-order valence-electron chi connectivity index (χ3n) is 3.32. The number of hydrogen-bond donors (Lipinski definition) is 2. The molecule has 1 aliphatic carbocycles. The highest BCUT2D eigenvalue weighted by Crippen LogP contribution is 2.36. The number of hydrogen-bond acceptors (Lipinski definition) is 2. The normalized spacial score (nSPS) is 19.3. The third-order valence-corrected chi connectivity index (χ3v) is 3.55. The molecule has 0 heterocycles. The minimum Gasteiger partial charge on any atom is -0.398 e. The highest BCUT2D eigenvalue weighted by atomic mass is 35.5. The van der Waals surface area contributed by atoms with Gasteiger partial charge in [-0.05, 0) is 42.5 Å². The smallest absolute Gasteiger partial charge is 0.0410 e. The van der Waals surface area contributed by atoms with Crippen molar-refractivity contribution < 1.29 is 0 Å². The Kier molecular flexibility index (Phi) is 3.17. The van der Waals surface area contributed by atoms with Gasteiger partial charge in [0, 0.05) is 16.8 Å². The summed E-state index contributed by atoms with van der Waals surface area (Å²) in [6, 6.07) is 5.60. The maximum atomic E-state index is 6.23. The van der Waals surface area contributed by atoms with Gasteiger partial charge in [0.25, 0.3) is 0 Å². The average molecular weight is 225 g/mol. The standard InChI is InChI=1S/C12H17ClN2/c13-9-5-6-11(14)10(7-9)12(15)8-3-1-2-4-8/h5-8,12H,1-4,14-15H2/t12-/m0/s1. The summed E-state index contributed by atoms with van der Waals surface area (Å²) in [5.41, 5.74) is 13.9. The zero-order valence-electron chi connectivity index (χ0n) is 8.75. The van der Waals surface area contributed by atoms with E-state index >= 15 is 0 Å². The van der Waals surface area contributed by atoms with Crippen molar-refractivity contribution in [3.63, 3.8) is 0 Å². The van der Waals surface area contributed by atoms with Crippen molar-refractivity contribution in [2.24, 2.45) is 11.7 Å². The van der Waals surface area contributed by atoms with Gasteiger partial charge < -0.3 is 11.5 Å². The van der Waals surface area contributed by atoms with Crippen molar-refractivity contribution in [1.82, 2.24) is 0 Å². The topological polar surface area (TPSA) is 52.0 Å². The number of rotatable bonds is 2. The molecule has 1 saturated carbocycles. The van der Waals surface area contributed by atoms with E-state index in [-0.39, 0.29) is 6.04 Å². The van der Waals surface area contributed by atoms with Crippen molar-refractivity contribution in [2.45, 2.75) is 31.7 Å². The van der Waals surface area contributed by atoms with Gasteiger partial charge in [0.2, 0.25) is 0 Å². The molecule has 2 nitrogen and oxygen atoms in total. The van der Waals surface area contributed by atoms with Gasteiger partial charge in [-0.3, -0.25) is 0 Å². The Balaban J connectivity index is 2.23. The molecule has 2 rings (SSSR count). The van der Waals surface area contributed by atoms with Gasteiger partial charge in [-0.15, -0.1) is 0 Å². The van der Waals surface area contributed by atoms with Crippen LogP contribution in [0, 0.1) is 5.92 Å². The van der Waals surface area contributed by atoms with E-state index in [0.717, 1.165) is 11.3 Å². The molecule has 1 atom stereocenters. The fourth-order valence-electron chi connectivity index (χ4n) is 2.40. The molecule has 0 aliphatic heterocycles. The number of anilines is 1. The summed E-state index contributed by atoms with van der Waals surface area (Å²) >= 11 is 5.96. The molecule has 0 saturated heterocycles. The van der Waals surface area contributed by atoms with Crippen LogP contribution in [-0.2, 0) is 0 Å². The van der Waals surface area contributed by atoms with Crippen molar-refractivity contribution >= 4 is 17.3 Å². The monoisotopic (exact) mass is 224 g/mol. The molecule has 0 aromatic heterocycles. The predicted octanol–water partition coefficient (Wildman–Crippen LogP) is 3.11. The molecule has 0 unspecified atom stereocenters. The molecule has 82 valence electrons. The van der Waals surface area contributed by atoms with Crippen LogP contribution in [0.2, 0.25) is 5.02 Å². The summed E-state index contributed by atoms with van der Waals surface area (Å²) in [6.07, 6.45) is 5.01. The van der Waals surface area contributed by atoms with Crippen molar-refractivity contribution in [1.29, 1.82) is 0 Å². The predicted molar refractivity (Wildman–Crippen MR) is 64.8 cm³/mol. The van der Waals surface area contributed by atoms with Gasteiger partial charge in [-0.2, -0.15) is 0 Å². The maximum Gasteiger partial charge on any atom is 0.0410 e. The highest BCUT2D eigenvalue weighted by Gasteiger charge is 2.24. The first-order chi connectivity index (χ1) is 7.18. The minimum absolute atomic E-state index is 0.0474. The Labute approximate surface area is 95.6 Å². The molecule has 15 heavy (non-hydrogen) atoms. The zero-order valence-corrected chi connectivity index (χ0v) is 9.50. The zero-order chi connectivity index (χ0) is 10.8. The van der Waals surface area contributed by atoms with Crippen molar-refractivity contribution in [3.8, 4) is 0 Å². The van der Waals surface area contributed by atoms with Gasteiger partial charge in [0.1, 0.15) is 0 Å². The number of benzene rings is 1. The van der Waals surface area contributed by atoms with Crippen LogP contribution in [-0.4, -0.2) is 0 Å². The van der Waals surface area contributed by atoms with E-state index in [0.29, 0.717) is 10.9 Å². The molecule has 3 heteroatoms. The molecule has 1 aliphatic rings. The van der Waals surface area contributed by atoms with Gasteiger partial charge >= 0.3 is 0 Å². The third kappa shape index (κ3) is 2.27. The molecule has 0 amide bonds. The van der Waals surface area contributed by atoms with E-state index in [2.05, 4.69) is 0 Å². The SMILES string of the molecule is Nc1ccc(Cl)cc1[C@@H](N)C1CCCC1. The molecule has 0 bridgehead atoms. The molecule has 0 spiro atoms. The molecular formula is C12H17ClN2. The first kappa shape index (κ1) is 10.8. The van der Waals surface area contributed by atoms with E-state index in [1.165, 1.54) is 25.7 Å². The minimum atomic E-state index is 0.0474. The van der Waals surface area contributed by atoms with Crippen LogP contribution in [0.1, 0.15) is 37.3 Å².